The molecule has 0 aromatic carbocycles. The Hall–Kier alpha value is -1.10. The molecule has 0 bridgehead atoms. The fourth-order valence-corrected chi connectivity index (χ4v) is 1.54. The summed E-state index contributed by atoms with van der Waals surface area (Å²) in [5, 5.41) is 14.3. The molecule has 86 valence electrons. The third-order valence-corrected chi connectivity index (χ3v) is 2.41. The van der Waals surface area contributed by atoms with E-state index < -0.39 is 0 Å². The minimum atomic E-state index is -0.357. The van der Waals surface area contributed by atoms with Crippen LogP contribution in [0.4, 0.5) is 0 Å². The number of hydrogen-bond acceptors (Lipinski definition) is 3. The number of aliphatic hydroxyl groups excluding tert-OH is 1. The summed E-state index contributed by atoms with van der Waals surface area (Å²) in [4.78, 5) is 22.3. The van der Waals surface area contributed by atoms with Crippen LogP contribution in [0.25, 0.3) is 0 Å². The molecule has 3 N–H and O–H groups in total. The number of rotatable bonds is 5. The molecule has 5 heteroatoms. The first-order valence-corrected chi connectivity index (χ1v) is 5.34. The maximum absolute atomic E-state index is 11.4. The van der Waals surface area contributed by atoms with Crippen LogP contribution in [0.15, 0.2) is 0 Å². The van der Waals surface area contributed by atoms with Crippen LogP contribution in [0.2, 0.25) is 0 Å². The molecule has 1 aliphatic heterocycles. The van der Waals surface area contributed by atoms with Crippen LogP contribution in [-0.4, -0.2) is 35.6 Å². The zero-order valence-corrected chi connectivity index (χ0v) is 8.95. The minimum Gasteiger partial charge on any atom is -0.393 e. The Labute approximate surface area is 89.2 Å². The molecule has 1 unspecified atom stereocenters. The topological polar surface area (TPSA) is 78.4 Å². The fourth-order valence-electron chi connectivity index (χ4n) is 1.54. The van der Waals surface area contributed by atoms with Crippen molar-refractivity contribution in [3.63, 3.8) is 0 Å². The molecule has 0 aromatic rings. The SMILES string of the molecule is CC(O)CCCNC(=O)[C@@H]1CCC(=O)N1. The van der Waals surface area contributed by atoms with Crippen molar-refractivity contribution in [2.24, 2.45) is 0 Å². The van der Waals surface area contributed by atoms with Gasteiger partial charge in [0.25, 0.3) is 0 Å². The van der Waals surface area contributed by atoms with Crippen molar-refractivity contribution in [1.29, 1.82) is 0 Å². The van der Waals surface area contributed by atoms with Gasteiger partial charge in [-0.15, -0.1) is 0 Å². The molecule has 15 heavy (non-hydrogen) atoms. The Kier molecular flexibility index (Phi) is 4.55. The molecule has 0 radical (unpaired) electrons. The highest BCUT2D eigenvalue weighted by atomic mass is 16.3. The fraction of sp³-hybridized carbons (Fsp3) is 0.800. The van der Waals surface area contributed by atoms with E-state index in [9.17, 15) is 9.59 Å². The number of amides is 2. The predicted molar refractivity (Wildman–Crippen MR) is 55.1 cm³/mol. The lowest BCUT2D eigenvalue weighted by molar-refractivity contribution is -0.125. The van der Waals surface area contributed by atoms with Crippen molar-refractivity contribution in [2.45, 2.75) is 44.8 Å². The highest BCUT2D eigenvalue weighted by Crippen LogP contribution is 2.06. The summed E-state index contributed by atoms with van der Waals surface area (Å²) < 4.78 is 0. The highest BCUT2D eigenvalue weighted by molar-refractivity contribution is 5.90. The summed E-state index contributed by atoms with van der Waals surface area (Å²) in [7, 11) is 0. The van der Waals surface area contributed by atoms with Gasteiger partial charge in [-0.25, -0.2) is 0 Å². The molecular weight excluding hydrogens is 196 g/mol. The van der Waals surface area contributed by atoms with E-state index in [-0.39, 0.29) is 24.0 Å². The van der Waals surface area contributed by atoms with E-state index in [4.69, 9.17) is 5.11 Å². The zero-order chi connectivity index (χ0) is 11.3. The van der Waals surface area contributed by atoms with Gasteiger partial charge in [0, 0.05) is 13.0 Å². The van der Waals surface area contributed by atoms with Crippen molar-refractivity contribution < 1.29 is 14.7 Å². The van der Waals surface area contributed by atoms with E-state index in [1.807, 2.05) is 0 Å². The Morgan fingerprint density at radius 3 is 3.00 bits per heavy atom. The van der Waals surface area contributed by atoms with Crippen molar-refractivity contribution in [3.8, 4) is 0 Å². The molecule has 1 aliphatic rings. The summed E-state index contributed by atoms with van der Waals surface area (Å²) >= 11 is 0. The van der Waals surface area contributed by atoms with Crippen LogP contribution in [0.5, 0.6) is 0 Å². The first-order chi connectivity index (χ1) is 7.09. The van der Waals surface area contributed by atoms with Crippen LogP contribution >= 0.6 is 0 Å². The molecular formula is C10H18N2O3. The lowest BCUT2D eigenvalue weighted by Crippen LogP contribution is -2.41. The first-order valence-electron chi connectivity index (χ1n) is 5.34. The van der Waals surface area contributed by atoms with E-state index in [1.165, 1.54) is 0 Å². The summed E-state index contributed by atoms with van der Waals surface area (Å²) in [6.45, 7) is 2.27. The second-order valence-corrected chi connectivity index (χ2v) is 3.94. The monoisotopic (exact) mass is 214 g/mol. The Morgan fingerprint density at radius 2 is 2.47 bits per heavy atom. The largest absolute Gasteiger partial charge is 0.393 e. The molecule has 1 heterocycles. The van der Waals surface area contributed by atoms with Gasteiger partial charge in [-0.2, -0.15) is 0 Å². The average Bonchev–Trinajstić information content (AvgIpc) is 2.59. The lowest BCUT2D eigenvalue weighted by Gasteiger charge is -2.11. The van der Waals surface area contributed by atoms with E-state index >= 15 is 0 Å². The maximum Gasteiger partial charge on any atom is 0.242 e. The number of hydrogen-bond donors (Lipinski definition) is 3. The third kappa shape index (κ3) is 4.29. The maximum atomic E-state index is 11.4. The van der Waals surface area contributed by atoms with Gasteiger partial charge in [-0.3, -0.25) is 9.59 Å². The number of nitrogens with one attached hydrogen (secondary N) is 2. The molecule has 2 atom stereocenters. The smallest absolute Gasteiger partial charge is 0.242 e. The highest BCUT2D eigenvalue weighted by Gasteiger charge is 2.26. The van der Waals surface area contributed by atoms with Crippen LogP contribution in [0.1, 0.15) is 32.6 Å². The predicted octanol–water partition coefficient (Wildman–Crippen LogP) is -0.458. The second-order valence-electron chi connectivity index (χ2n) is 3.94. The van der Waals surface area contributed by atoms with E-state index in [2.05, 4.69) is 10.6 Å². The molecule has 0 aliphatic carbocycles. The van der Waals surface area contributed by atoms with Gasteiger partial charge in [0.1, 0.15) is 6.04 Å². The number of aliphatic hydroxyl groups is 1. The van der Waals surface area contributed by atoms with Crippen LogP contribution in [-0.2, 0) is 9.59 Å². The number of carbonyl (C=O) groups is 2. The van der Waals surface area contributed by atoms with Gasteiger partial charge in [-0.1, -0.05) is 0 Å². The molecule has 2 amide bonds. The summed E-state index contributed by atoms with van der Waals surface area (Å²) in [6.07, 6.45) is 2.13. The quantitative estimate of drug-likeness (QED) is 0.542. The number of carbonyl (C=O) groups excluding carboxylic acids is 2. The minimum absolute atomic E-state index is 0.0564. The van der Waals surface area contributed by atoms with Gasteiger partial charge >= 0.3 is 0 Å². The molecule has 1 saturated heterocycles. The van der Waals surface area contributed by atoms with Gasteiger partial charge in [0.15, 0.2) is 0 Å². The Bertz CT molecular complexity index is 241. The van der Waals surface area contributed by atoms with E-state index in [0.29, 0.717) is 25.8 Å². The Morgan fingerprint density at radius 1 is 1.73 bits per heavy atom. The van der Waals surface area contributed by atoms with Gasteiger partial charge in [0.05, 0.1) is 6.10 Å². The first kappa shape index (κ1) is 12.0. The molecule has 0 aromatic heterocycles. The lowest BCUT2D eigenvalue weighted by atomic mass is 10.2. The van der Waals surface area contributed by atoms with Crippen molar-refractivity contribution in [1.82, 2.24) is 10.6 Å². The molecule has 0 saturated carbocycles. The van der Waals surface area contributed by atoms with E-state index in [1.54, 1.807) is 6.92 Å². The summed E-state index contributed by atoms with van der Waals surface area (Å²) in [5.41, 5.74) is 0. The molecule has 5 nitrogen and oxygen atoms in total. The van der Waals surface area contributed by atoms with Gasteiger partial charge in [-0.05, 0) is 26.2 Å². The van der Waals surface area contributed by atoms with Gasteiger partial charge in [0.2, 0.25) is 11.8 Å². The van der Waals surface area contributed by atoms with Crippen molar-refractivity contribution in [3.05, 3.63) is 0 Å². The summed E-state index contributed by atoms with van der Waals surface area (Å²) in [5.74, 6) is -0.175. The van der Waals surface area contributed by atoms with Crippen LogP contribution in [0.3, 0.4) is 0 Å². The molecule has 1 fully saturated rings. The van der Waals surface area contributed by atoms with Crippen molar-refractivity contribution in [2.75, 3.05) is 6.54 Å². The van der Waals surface area contributed by atoms with Crippen LogP contribution < -0.4 is 10.6 Å². The van der Waals surface area contributed by atoms with Gasteiger partial charge < -0.3 is 15.7 Å². The molecule has 1 rings (SSSR count). The molecule has 0 spiro atoms. The standard InChI is InChI=1S/C10H18N2O3/c1-7(13)3-2-6-11-10(15)8-4-5-9(14)12-8/h7-8,13H,2-6H2,1H3,(H,11,15)(H,12,14)/t7?,8-/m0/s1. The Balaban J connectivity index is 2.11. The van der Waals surface area contributed by atoms with E-state index in [0.717, 1.165) is 6.42 Å². The summed E-state index contributed by atoms with van der Waals surface area (Å²) in [6, 6.07) is -0.357. The normalized spacial score (nSPS) is 22.3. The van der Waals surface area contributed by atoms with Crippen molar-refractivity contribution >= 4 is 11.8 Å². The third-order valence-electron chi connectivity index (χ3n) is 2.41. The second kappa shape index (κ2) is 5.70. The van der Waals surface area contributed by atoms with Crippen LogP contribution in [0, 0.1) is 0 Å². The zero-order valence-electron chi connectivity index (χ0n) is 8.95. The average molecular weight is 214 g/mol.